The molecule has 0 aromatic heterocycles. The van der Waals surface area contributed by atoms with Crippen LogP contribution in [-0.2, 0) is 12.8 Å². The first kappa shape index (κ1) is 19.6. The van der Waals surface area contributed by atoms with Crippen LogP contribution in [0.5, 0.6) is 0 Å². The number of nitrogens with one attached hydrogen (secondary N) is 2. The molecule has 0 atom stereocenters. The van der Waals surface area contributed by atoms with Crippen molar-refractivity contribution in [2.45, 2.75) is 116 Å². The minimum Gasteiger partial charge on any atom is -0.382 e. The Morgan fingerprint density at radius 1 is 0.654 bits per heavy atom. The summed E-state index contributed by atoms with van der Waals surface area (Å²) in [5.74, 6) is 0. The van der Waals surface area contributed by atoms with E-state index in [1.54, 1.807) is 0 Å². The average Bonchev–Trinajstić information content (AvgIpc) is 2.67. The van der Waals surface area contributed by atoms with Crippen LogP contribution >= 0.6 is 0 Å². The Balaban J connectivity index is 1.82. The number of rotatable bonds is 8. The number of benzene rings is 1. The summed E-state index contributed by atoms with van der Waals surface area (Å²) in [4.78, 5) is 0. The molecular weight excluding hydrogens is 316 g/mol. The molecule has 1 aromatic carbocycles. The van der Waals surface area contributed by atoms with Crippen molar-refractivity contribution in [3.8, 4) is 0 Å². The molecule has 2 nitrogen and oxygen atoms in total. The molecule has 2 N–H and O–H groups in total. The van der Waals surface area contributed by atoms with E-state index in [0.29, 0.717) is 12.1 Å². The normalized spacial score (nSPS) is 19.5. The van der Waals surface area contributed by atoms with Crippen LogP contribution in [0.15, 0.2) is 12.1 Å². The zero-order valence-electron chi connectivity index (χ0n) is 17.2. The van der Waals surface area contributed by atoms with Crippen LogP contribution in [0.25, 0.3) is 0 Å². The highest BCUT2D eigenvalue weighted by atomic mass is 15.0. The monoisotopic (exact) mass is 356 g/mol. The maximum atomic E-state index is 3.94. The zero-order valence-corrected chi connectivity index (χ0v) is 17.2. The van der Waals surface area contributed by atoms with Gasteiger partial charge in [-0.25, -0.2) is 0 Å². The van der Waals surface area contributed by atoms with E-state index in [9.17, 15) is 0 Å². The lowest BCUT2D eigenvalue weighted by atomic mass is 9.92. The second-order valence-corrected chi connectivity index (χ2v) is 8.63. The molecule has 0 unspecified atom stereocenters. The van der Waals surface area contributed by atoms with Gasteiger partial charge in [0.15, 0.2) is 0 Å². The number of hydrogen-bond donors (Lipinski definition) is 2. The van der Waals surface area contributed by atoms with Crippen molar-refractivity contribution in [2.24, 2.45) is 0 Å². The fourth-order valence-electron chi connectivity index (χ4n) is 4.85. The fourth-order valence-corrected chi connectivity index (χ4v) is 4.85. The third kappa shape index (κ3) is 5.41. The van der Waals surface area contributed by atoms with Crippen molar-refractivity contribution in [3.05, 3.63) is 23.3 Å². The van der Waals surface area contributed by atoms with E-state index >= 15 is 0 Å². The zero-order chi connectivity index (χ0) is 18.2. The molecule has 0 heterocycles. The van der Waals surface area contributed by atoms with Crippen LogP contribution in [0.4, 0.5) is 11.4 Å². The molecule has 1 aromatic rings. The lowest BCUT2D eigenvalue weighted by molar-refractivity contribution is 0.461. The fraction of sp³-hybridized carbons (Fsp3) is 0.750. The molecule has 2 fully saturated rings. The van der Waals surface area contributed by atoms with Crippen LogP contribution in [-0.4, -0.2) is 12.1 Å². The highest BCUT2D eigenvalue weighted by Gasteiger charge is 2.18. The first-order valence-electron chi connectivity index (χ1n) is 11.5. The predicted octanol–water partition coefficient (Wildman–Crippen LogP) is 7.08. The molecule has 146 valence electrons. The Morgan fingerprint density at radius 2 is 1.08 bits per heavy atom. The van der Waals surface area contributed by atoms with Crippen molar-refractivity contribution in [2.75, 3.05) is 10.6 Å². The first-order chi connectivity index (χ1) is 12.8. The van der Waals surface area contributed by atoms with Gasteiger partial charge in [-0.15, -0.1) is 0 Å². The number of aryl methyl sites for hydroxylation is 2. The van der Waals surface area contributed by atoms with Crippen molar-refractivity contribution < 1.29 is 0 Å². The first-order valence-corrected chi connectivity index (χ1v) is 11.5. The van der Waals surface area contributed by atoms with Crippen LogP contribution in [0, 0.1) is 0 Å². The maximum absolute atomic E-state index is 3.94. The molecule has 0 saturated heterocycles. The Morgan fingerprint density at radius 3 is 1.46 bits per heavy atom. The highest BCUT2D eigenvalue weighted by Crippen LogP contribution is 2.32. The minimum absolute atomic E-state index is 0.680. The summed E-state index contributed by atoms with van der Waals surface area (Å²) in [6.07, 6.45) is 18.6. The Hall–Kier alpha value is -1.18. The molecular formula is C24H40N2. The van der Waals surface area contributed by atoms with Crippen LogP contribution < -0.4 is 10.6 Å². The Bertz CT molecular complexity index is 494. The van der Waals surface area contributed by atoms with Gasteiger partial charge in [0.1, 0.15) is 0 Å². The van der Waals surface area contributed by atoms with E-state index < -0.39 is 0 Å². The van der Waals surface area contributed by atoms with Crippen molar-refractivity contribution in [1.82, 2.24) is 0 Å². The predicted molar refractivity (Wildman–Crippen MR) is 115 cm³/mol. The van der Waals surface area contributed by atoms with Gasteiger partial charge in [-0.2, -0.15) is 0 Å². The van der Waals surface area contributed by atoms with E-state index in [0.717, 1.165) is 0 Å². The van der Waals surface area contributed by atoms with E-state index in [2.05, 4.69) is 36.6 Å². The van der Waals surface area contributed by atoms with Crippen LogP contribution in [0.3, 0.4) is 0 Å². The summed E-state index contributed by atoms with van der Waals surface area (Å²) in [5, 5.41) is 7.88. The minimum atomic E-state index is 0.680. The topological polar surface area (TPSA) is 24.1 Å². The van der Waals surface area contributed by atoms with Gasteiger partial charge < -0.3 is 10.6 Å². The lowest BCUT2D eigenvalue weighted by Gasteiger charge is -2.29. The van der Waals surface area contributed by atoms with Crippen molar-refractivity contribution in [1.29, 1.82) is 0 Å². The van der Waals surface area contributed by atoms with E-state index in [1.807, 2.05) is 0 Å². The van der Waals surface area contributed by atoms with Gasteiger partial charge in [-0.05, 0) is 55.7 Å². The van der Waals surface area contributed by atoms with Crippen molar-refractivity contribution >= 4 is 11.4 Å². The van der Waals surface area contributed by atoms with Crippen LogP contribution in [0.2, 0.25) is 0 Å². The third-order valence-corrected chi connectivity index (χ3v) is 6.30. The SMILES string of the molecule is CCCc1cc(CCC)c(NC2CCCCC2)cc1NC1CCCCC1. The molecule has 0 aliphatic heterocycles. The molecule has 0 spiro atoms. The molecule has 2 heteroatoms. The molecule has 2 aliphatic carbocycles. The van der Waals surface area contributed by atoms with E-state index in [-0.39, 0.29) is 0 Å². The van der Waals surface area contributed by atoms with Crippen molar-refractivity contribution in [3.63, 3.8) is 0 Å². The molecule has 3 rings (SSSR count). The number of anilines is 2. The van der Waals surface area contributed by atoms with Gasteiger partial charge in [0, 0.05) is 23.5 Å². The molecule has 26 heavy (non-hydrogen) atoms. The van der Waals surface area contributed by atoms with Gasteiger partial charge in [-0.1, -0.05) is 71.3 Å². The standard InChI is InChI=1S/C24H40N2/c1-3-11-19-17-20(12-4-2)24(26-22-15-9-6-10-16-22)18-23(19)25-21-13-7-5-8-14-21/h17-18,21-22,25-26H,3-16H2,1-2H3. The summed E-state index contributed by atoms with van der Waals surface area (Å²) in [6.45, 7) is 4.61. The molecule has 2 saturated carbocycles. The average molecular weight is 357 g/mol. The highest BCUT2D eigenvalue weighted by molar-refractivity contribution is 5.66. The Kier molecular flexibility index (Phi) is 7.70. The smallest absolute Gasteiger partial charge is 0.0395 e. The maximum Gasteiger partial charge on any atom is 0.0395 e. The Labute approximate surface area is 161 Å². The third-order valence-electron chi connectivity index (χ3n) is 6.30. The summed E-state index contributed by atoms with van der Waals surface area (Å²) in [7, 11) is 0. The summed E-state index contributed by atoms with van der Waals surface area (Å²) < 4.78 is 0. The molecule has 2 aliphatic rings. The van der Waals surface area contributed by atoms with Crippen LogP contribution in [0.1, 0.15) is 102 Å². The van der Waals surface area contributed by atoms with E-state index in [4.69, 9.17) is 0 Å². The molecule has 0 bridgehead atoms. The summed E-state index contributed by atoms with van der Waals surface area (Å²) in [6, 6.07) is 6.35. The second kappa shape index (κ2) is 10.2. The second-order valence-electron chi connectivity index (χ2n) is 8.63. The van der Waals surface area contributed by atoms with Gasteiger partial charge in [-0.3, -0.25) is 0 Å². The largest absolute Gasteiger partial charge is 0.382 e. The number of hydrogen-bond acceptors (Lipinski definition) is 2. The molecule has 0 amide bonds. The molecule has 0 radical (unpaired) electrons. The van der Waals surface area contributed by atoms with E-state index in [1.165, 1.54) is 112 Å². The van der Waals surface area contributed by atoms with Gasteiger partial charge >= 0.3 is 0 Å². The van der Waals surface area contributed by atoms with Gasteiger partial charge in [0.05, 0.1) is 0 Å². The quantitative estimate of drug-likeness (QED) is 0.520. The summed E-state index contributed by atoms with van der Waals surface area (Å²) in [5.41, 5.74) is 5.90. The summed E-state index contributed by atoms with van der Waals surface area (Å²) >= 11 is 0. The van der Waals surface area contributed by atoms with Gasteiger partial charge in [0.25, 0.3) is 0 Å². The van der Waals surface area contributed by atoms with Gasteiger partial charge in [0.2, 0.25) is 0 Å². The lowest BCUT2D eigenvalue weighted by Crippen LogP contribution is -2.25.